The average molecular weight is 315 g/mol. The van der Waals surface area contributed by atoms with Crippen LogP contribution in [0.25, 0.3) is 0 Å². The number of carbonyl (C=O) groups is 1. The van der Waals surface area contributed by atoms with E-state index in [1.54, 1.807) is 13.8 Å². The second-order valence-corrected chi connectivity index (χ2v) is 4.67. The third-order valence-corrected chi connectivity index (χ3v) is 2.46. The number of pyridine rings is 1. The summed E-state index contributed by atoms with van der Waals surface area (Å²) in [5.74, 6) is -0.441. The zero-order valence-electron chi connectivity index (χ0n) is 11.8. The predicted molar refractivity (Wildman–Crippen MR) is 64.2 cm³/mol. The standard InChI is InChI=1S/C11H14BF3NO3.K/c1-11(2,10(17)18-3)7-19-9-5-4-8(6-16-9)12(13,14)15;/h4-6H,7H2,1-3H3;/q-1;+1. The quantitative estimate of drug-likeness (QED) is 0.502. The van der Waals surface area contributed by atoms with Gasteiger partial charge in [0.25, 0.3) is 0 Å². The molecule has 0 aromatic carbocycles. The molecule has 0 radical (unpaired) electrons. The normalized spacial score (nSPS) is 11.5. The molecular formula is C11H14BF3KNO3. The Morgan fingerprint density at radius 3 is 2.35 bits per heavy atom. The number of nitrogens with zero attached hydrogens (tertiary/aromatic N) is 1. The third kappa shape index (κ3) is 5.73. The van der Waals surface area contributed by atoms with Gasteiger partial charge in [0.1, 0.15) is 6.61 Å². The summed E-state index contributed by atoms with van der Waals surface area (Å²) in [6.45, 7) is -1.89. The van der Waals surface area contributed by atoms with Gasteiger partial charge in [0, 0.05) is 6.20 Å². The van der Waals surface area contributed by atoms with Crippen molar-refractivity contribution in [2.75, 3.05) is 13.7 Å². The summed E-state index contributed by atoms with van der Waals surface area (Å²) in [6.07, 6.45) is 0.709. The van der Waals surface area contributed by atoms with Gasteiger partial charge in [-0.1, -0.05) is 11.5 Å². The number of esters is 1. The van der Waals surface area contributed by atoms with E-state index in [2.05, 4.69) is 9.72 Å². The molecule has 0 fully saturated rings. The van der Waals surface area contributed by atoms with Crippen molar-refractivity contribution in [3.05, 3.63) is 18.3 Å². The second kappa shape index (κ2) is 7.79. The number of aromatic nitrogens is 1. The Bertz CT molecular complexity index is 451. The van der Waals surface area contributed by atoms with Crippen LogP contribution in [0.5, 0.6) is 5.88 Å². The van der Waals surface area contributed by atoms with Crippen molar-refractivity contribution < 1.29 is 78.6 Å². The monoisotopic (exact) mass is 315 g/mol. The van der Waals surface area contributed by atoms with Crippen LogP contribution < -0.4 is 61.6 Å². The van der Waals surface area contributed by atoms with Gasteiger partial charge in [-0.3, -0.25) is 4.79 Å². The first kappa shape index (κ1) is 19.9. The molecule has 9 heteroatoms. The first-order valence-electron chi connectivity index (χ1n) is 5.54. The molecule has 0 bridgehead atoms. The Labute approximate surface area is 157 Å². The van der Waals surface area contributed by atoms with Crippen molar-refractivity contribution in [2.45, 2.75) is 13.8 Å². The SMILES string of the molecule is COC(=O)C(C)(C)COc1ccc([B-](F)(F)F)cn1.[K+]. The number of carbonyl (C=O) groups excluding carboxylic acids is 1. The number of ether oxygens (including phenoxy) is 2. The Hall–Kier alpha value is -0.0887. The van der Waals surface area contributed by atoms with Crippen molar-refractivity contribution in [1.82, 2.24) is 4.98 Å². The van der Waals surface area contributed by atoms with Gasteiger partial charge >= 0.3 is 64.3 Å². The van der Waals surface area contributed by atoms with E-state index >= 15 is 0 Å². The zero-order valence-corrected chi connectivity index (χ0v) is 14.9. The molecule has 20 heavy (non-hydrogen) atoms. The van der Waals surface area contributed by atoms with Gasteiger partial charge in [-0.2, -0.15) is 0 Å². The van der Waals surface area contributed by atoms with Crippen molar-refractivity contribution in [3.8, 4) is 5.88 Å². The molecule has 0 atom stereocenters. The van der Waals surface area contributed by atoms with Crippen LogP contribution in [-0.2, 0) is 9.53 Å². The average Bonchev–Trinajstić information content (AvgIpc) is 2.35. The molecule has 0 N–H and O–H groups in total. The van der Waals surface area contributed by atoms with Crippen LogP contribution in [0.3, 0.4) is 0 Å². The molecule has 1 aromatic rings. The molecule has 0 aliphatic carbocycles. The van der Waals surface area contributed by atoms with E-state index in [0.717, 1.165) is 12.1 Å². The van der Waals surface area contributed by atoms with Gasteiger partial charge in [-0.05, 0) is 19.9 Å². The minimum atomic E-state index is -5.06. The molecule has 0 amide bonds. The van der Waals surface area contributed by atoms with Gasteiger partial charge in [-0.15, -0.1) is 0 Å². The number of halogens is 3. The maximum absolute atomic E-state index is 12.4. The van der Waals surface area contributed by atoms with Crippen LogP contribution in [0.2, 0.25) is 0 Å². The fourth-order valence-electron chi connectivity index (χ4n) is 1.26. The van der Waals surface area contributed by atoms with E-state index in [1.165, 1.54) is 7.11 Å². The molecule has 1 heterocycles. The molecular weight excluding hydrogens is 301 g/mol. The van der Waals surface area contributed by atoms with Crippen LogP contribution >= 0.6 is 0 Å². The minimum Gasteiger partial charge on any atom is -0.476 e. The Balaban J connectivity index is 0.00000361. The predicted octanol–water partition coefficient (Wildman–Crippen LogP) is -1.28. The molecule has 106 valence electrons. The van der Waals surface area contributed by atoms with Crippen LogP contribution in [0, 0.1) is 5.41 Å². The maximum atomic E-state index is 12.4. The van der Waals surface area contributed by atoms with E-state index < -0.39 is 23.8 Å². The second-order valence-electron chi connectivity index (χ2n) is 4.67. The van der Waals surface area contributed by atoms with E-state index in [4.69, 9.17) is 4.74 Å². The van der Waals surface area contributed by atoms with E-state index in [0.29, 0.717) is 6.20 Å². The fourth-order valence-corrected chi connectivity index (χ4v) is 1.26. The summed E-state index contributed by atoms with van der Waals surface area (Å²) < 4.78 is 46.9. The molecule has 0 saturated carbocycles. The van der Waals surface area contributed by atoms with Crippen LogP contribution in [0.1, 0.15) is 13.8 Å². The largest absolute Gasteiger partial charge is 1.00 e. The summed E-state index contributed by atoms with van der Waals surface area (Å²) >= 11 is 0. The van der Waals surface area contributed by atoms with Crippen molar-refractivity contribution in [2.24, 2.45) is 5.41 Å². The summed E-state index contributed by atoms with van der Waals surface area (Å²) in [5.41, 5.74) is -1.69. The zero-order chi connectivity index (χ0) is 14.7. The van der Waals surface area contributed by atoms with E-state index in [1.807, 2.05) is 0 Å². The summed E-state index contributed by atoms with van der Waals surface area (Å²) in [4.78, 5) is 14.9. The summed E-state index contributed by atoms with van der Waals surface area (Å²) in [7, 11) is 1.25. The Morgan fingerprint density at radius 2 is 1.95 bits per heavy atom. The van der Waals surface area contributed by atoms with E-state index in [9.17, 15) is 17.7 Å². The third-order valence-electron chi connectivity index (χ3n) is 2.46. The molecule has 0 aliphatic rings. The molecule has 1 aromatic heterocycles. The number of hydrogen-bond acceptors (Lipinski definition) is 4. The first-order valence-corrected chi connectivity index (χ1v) is 5.54. The Morgan fingerprint density at radius 1 is 1.35 bits per heavy atom. The number of rotatable bonds is 5. The van der Waals surface area contributed by atoms with Gasteiger partial charge in [0.05, 0.1) is 12.5 Å². The molecule has 1 rings (SSSR count). The Kier molecular flexibility index (Phi) is 7.75. The van der Waals surface area contributed by atoms with Crippen LogP contribution in [0.15, 0.2) is 18.3 Å². The van der Waals surface area contributed by atoms with Crippen LogP contribution in [-0.4, -0.2) is 31.6 Å². The van der Waals surface area contributed by atoms with Crippen molar-refractivity contribution >= 4 is 18.4 Å². The van der Waals surface area contributed by atoms with Gasteiger partial charge in [0.15, 0.2) is 0 Å². The van der Waals surface area contributed by atoms with Crippen LogP contribution in [0.4, 0.5) is 12.9 Å². The van der Waals surface area contributed by atoms with Gasteiger partial charge in [0.2, 0.25) is 5.88 Å². The molecule has 0 unspecified atom stereocenters. The summed E-state index contributed by atoms with van der Waals surface area (Å²) in [5, 5.41) is 0. The molecule has 0 aliphatic heterocycles. The number of methoxy groups -OCH3 is 1. The van der Waals surface area contributed by atoms with E-state index in [-0.39, 0.29) is 63.9 Å². The van der Waals surface area contributed by atoms with Crippen molar-refractivity contribution in [1.29, 1.82) is 0 Å². The summed E-state index contributed by atoms with van der Waals surface area (Å²) in [6, 6.07) is 2.02. The minimum absolute atomic E-state index is 0. The fraction of sp³-hybridized carbons (Fsp3) is 0.455. The first-order chi connectivity index (χ1) is 8.66. The van der Waals surface area contributed by atoms with Crippen molar-refractivity contribution in [3.63, 3.8) is 0 Å². The van der Waals surface area contributed by atoms with Gasteiger partial charge < -0.3 is 22.4 Å². The maximum Gasteiger partial charge on any atom is 1.00 e. The van der Waals surface area contributed by atoms with Gasteiger partial charge in [-0.25, -0.2) is 4.98 Å². The smallest absolute Gasteiger partial charge is 0.476 e. The number of hydrogen-bond donors (Lipinski definition) is 0. The molecule has 0 saturated heterocycles. The topological polar surface area (TPSA) is 48.4 Å². The molecule has 0 spiro atoms. The molecule has 4 nitrogen and oxygen atoms in total.